The van der Waals surface area contributed by atoms with Crippen LogP contribution >= 0.6 is 0 Å². The fourth-order valence-corrected chi connectivity index (χ4v) is 3.98. The number of benzene rings is 1. The van der Waals surface area contributed by atoms with E-state index >= 15 is 0 Å². The summed E-state index contributed by atoms with van der Waals surface area (Å²) in [6.45, 7) is 4.36. The van der Waals surface area contributed by atoms with Crippen LogP contribution in [-0.2, 0) is 4.74 Å². The van der Waals surface area contributed by atoms with E-state index in [1.54, 1.807) is 18.4 Å². The molecule has 0 spiro atoms. The second kappa shape index (κ2) is 8.29. The van der Waals surface area contributed by atoms with E-state index in [-0.39, 0.29) is 5.97 Å². The van der Waals surface area contributed by atoms with Crippen LogP contribution in [0.15, 0.2) is 54.8 Å². The van der Waals surface area contributed by atoms with E-state index in [2.05, 4.69) is 30.1 Å². The maximum Gasteiger partial charge on any atom is 0.342 e. The van der Waals surface area contributed by atoms with Crippen molar-refractivity contribution >= 4 is 5.97 Å². The number of hydrogen-bond donors (Lipinski definition) is 0. The molecule has 2 saturated heterocycles. The Morgan fingerprint density at radius 2 is 2.00 bits per heavy atom. The molecule has 0 bridgehead atoms. The van der Waals surface area contributed by atoms with Crippen molar-refractivity contribution in [3.8, 4) is 0 Å². The van der Waals surface area contributed by atoms with Gasteiger partial charge in [-0.25, -0.2) is 4.79 Å². The minimum atomic E-state index is -0.291. The first kappa shape index (κ1) is 17.0. The van der Waals surface area contributed by atoms with Gasteiger partial charge in [0.05, 0.1) is 11.8 Å². The number of carbonyl (C=O) groups is 1. The van der Waals surface area contributed by atoms with Crippen LogP contribution in [0.3, 0.4) is 0 Å². The Kier molecular flexibility index (Phi) is 5.86. The molecule has 0 aromatic heterocycles. The second-order valence-electron chi connectivity index (χ2n) is 6.83. The normalized spacial score (nSPS) is 28.1. The van der Waals surface area contributed by atoms with Crippen molar-refractivity contribution in [2.24, 2.45) is 11.8 Å². The standard InChI is InChI=1S/C21H27NO2/c1-2-8-18-15-20-11-6-7-13-22(20)16-19(18)12-14-24-21(23)17-9-4-3-5-10-17/h2-5,8-10,12,14,18-20H,6-7,11,13,15-16H2,1H3/b8-2+,14-12+/t18-,19-,20+/m0/s1. The van der Waals surface area contributed by atoms with Gasteiger partial charge in [-0.15, -0.1) is 0 Å². The maximum absolute atomic E-state index is 12.0. The number of rotatable bonds is 4. The molecule has 0 radical (unpaired) electrons. The van der Waals surface area contributed by atoms with Gasteiger partial charge in [-0.05, 0) is 62.8 Å². The first-order valence-corrected chi connectivity index (χ1v) is 9.07. The number of fused-ring (bicyclic) bond motifs is 1. The number of hydrogen-bond acceptors (Lipinski definition) is 3. The van der Waals surface area contributed by atoms with Crippen molar-refractivity contribution in [2.75, 3.05) is 13.1 Å². The molecule has 1 aromatic rings. The summed E-state index contributed by atoms with van der Waals surface area (Å²) in [7, 11) is 0. The summed E-state index contributed by atoms with van der Waals surface area (Å²) >= 11 is 0. The molecular weight excluding hydrogens is 298 g/mol. The molecule has 2 heterocycles. The highest BCUT2D eigenvalue weighted by Gasteiger charge is 2.34. The van der Waals surface area contributed by atoms with Crippen LogP contribution in [0.5, 0.6) is 0 Å². The Hall–Kier alpha value is -1.87. The fraction of sp³-hybridized carbons (Fsp3) is 0.476. The van der Waals surface area contributed by atoms with Gasteiger partial charge in [0.2, 0.25) is 0 Å². The van der Waals surface area contributed by atoms with Crippen LogP contribution in [0.1, 0.15) is 43.0 Å². The molecule has 0 unspecified atom stereocenters. The molecule has 3 atom stereocenters. The summed E-state index contributed by atoms with van der Waals surface area (Å²) in [5.74, 6) is 0.668. The zero-order valence-corrected chi connectivity index (χ0v) is 14.4. The molecule has 2 aliphatic rings. The van der Waals surface area contributed by atoms with Crippen molar-refractivity contribution in [1.29, 1.82) is 0 Å². The van der Waals surface area contributed by atoms with Gasteiger partial charge in [-0.3, -0.25) is 4.90 Å². The lowest BCUT2D eigenvalue weighted by atomic mass is 9.79. The SMILES string of the molecule is C/C=C/[C@H]1C[C@H]2CCCCN2C[C@@H]1/C=C/OC(=O)c1ccccc1. The summed E-state index contributed by atoms with van der Waals surface area (Å²) in [6.07, 6.45) is 13.4. The van der Waals surface area contributed by atoms with Gasteiger partial charge in [0.1, 0.15) is 0 Å². The van der Waals surface area contributed by atoms with E-state index in [1.165, 1.54) is 32.2 Å². The van der Waals surface area contributed by atoms with E-state index in [0.717, 1.165) is 12.6 Å². The van der Waals surface area contributed by atoms with Gasteiger partial charge in [0, 0.05) is 12.6 Å². The first-order chi connectivity index (χ1) is 11.8. The molecule has 2 fully saturated rings. The van der Waals surface area contributed by atoms with Crippen LogP contribution < -0.4 is 0 Å². The van der Waals surface area contributed by atoms with Crippen LogP contribution in [0.4, 0.5) is 0 Å². The average Bonchev–Trinajstić information content (AvgIpc) is 2.63. The van der Waals surface area contributed by atoms with E-state index in [0.29, 0.717) is 17.4 Å². The third-order valence-corrected chi connectivity index (χ3v) is 5.24. The third-order valence-electron chi connectivity index (χ3n) is 5.24. The molecule has 0 aliphatic carbocycles. The number of piperidine rings is 2. The van der Waals surface area contributed by atoms with E-state index in [1.807, 2.05) is 18.2 Å². The molecule has 3 rings (SSSR count). The number of allylic oxidation sites excluding steroid dienone is 2. The maximum atomic E-state index is 12.0. The van der Waals surface area contributed by atoms with Crippen molar-refractivity contribution < 1.29 is 9.53 Å². The number of ether oxygens (including phenoxy) is 1. The molecule has 0 N–H and O–H groups in total. The third kappa shape index (κ3) is 4.15. The minimum Gasteiger partial charge on any atom is -0.431 e. The Morgan fingerprint density at radius 1 is 1.17 bits per heavy atom. The van der Waals surface area contributed by atoms with Gasteiger partial charge in [0.15, 0.2) is 0 Å². The predicted molar refractivity (Wildman–Crippen MR) is 96.6 cm³/mol. The fourth-order valence-electron chi connectivity index (χ4n) is 3.98. The van der Waals surface area contributed by atoms with E-state index < -0.39 is 0 Å². The largest absolute Gasteiger partial charge is 0.431 e. The van der Waals surface area contributed by atoms with Crippen molar-refractivity contribution in [3.05, 3.63) is 60.4 Å². The average molecular weight is 325 g/mol. The Morgan fingerprint density at radius 3 is 2.79 bits per heavy atom. The summed E-state index contributed by atoms with van der Waals surface area (Å²) in [5.41, 5.74) is 0.590. The topological polar surface area (TPSA) is 29.5 Å². The van der Waals surface area contributed by atoms with Crippen LogP contribution in [-0.4, -0.2) is 30.0 Å². The van der Waals surface area contributed by atoms with Gasteiger partial charge in [0.25, 0.3) is 0 Å². The van der Waals surface area contributed by atoms with Crippen LogP contribution in [0, 0.1) is 11.8 Å². The zero-order valence-electron chi connectivity index (χ0n) is 14.4. The lowest BCUT2D eigenvalue weighted by molar-refractivity contribution is 0.0613. The highest BCUT2D eigenvalue weighted by Crippen LogP contribution is 2.34. The van der Waals surface area contributed by atoms with Gasteiger partial charge < -0.3 is 4.74 Å². The van der Waals surface area contributed by atoms with Gasteiger partial charge >= 0.3 is 5.97 Å². The van der Waals surface area contributed by atoms with Crippen molar-refractivity contribution in [1.82, 2.24) is 4.90 Å². The van der Waals surface area contributed by atoms with Crippen LogP contribution in [0.25, 0.3) is 0 Å². The highest BCUT2D eigenvalue weighted by atomic mass is 16.5. The number of nitrogens with zero attached hydrogens (tertiary/aromatic N) is 1. The van der Waals surface area contributed by atoms with Crippen molar-refractivity contribution in [2.45, 2.75) is 38.6 Å². The van der Waals surface area contributed by atoms with Crippen LogP contribution in [0.2, 0.25) is 0 Å². The van der Waals surface area contributed by atoms with E-state index in [9.17, 15) is 4.79 Å². The predicted octanol–water partition coefficient (Wildman–Crippen LogP) is 4.42. The quantitative estimate of drug-likeness (QED) is 0.466. The summed E-state index contributed by atoms with van der Waals surface area (Å²) in [4.78, 5) is 14.6. The molecule has 3 nitrogen and oxygen atoms in total. The molecule has 0 amide bonds. The summed E-state index contributed by atoms with van der Waals surface area (Å²) < 4.78 is 5.33. The lowest BCUT2D eigenvalue weighted by Gasteiger charge is -2.45. The van der Waals surface area contributed by atoms with Crippen molar-refractivity contribution in [3.63, 3.8) is 0 Å². The number of carbonyl (C=O) groups excluding carboxylic acids is 1. The molecule has 128 valence electrons. The molecule has 3 heteroatoms. The monoisotopic (exact) mass is 325 g/mol. The Bertz CT molecular complexity index is 593. The molecule has 24 heavy (non-hydrogen) atoms. The lowest BCUT2D eigenvalue weighted by Crippen LogP contribution is -2.48. The molecule has 1 aromatic carbocycles. The summed E-state index contributed by atoms with van der Waals surface area (Å²) in [5, 5.41) is 0. The molecule has 0 saturated carbocycles. The Labute approximate surface area is 145 Å². The Balaban J connectivity index is 1.62. The second-order valence-corrected chi connectivity index (χ2v) is 6.83. The van der Waals surface area contributed by atoms with Gasteiger partial charge in [-0.1, -0.05) is 36.8 Å². The minimum absolute atomic E-state index is 0.291. The zero-order chi connectivity index (χ0) is 16.8. The highest BCUT2D eigenvalue weighted by molar-refractivity contribution is 5.89. The smallest absolute Gasteiger partial charge is 0.342 e. The molecule has 2 aliphatic heterocycles. The number of esters is 1. The van der Waals surface area contributed by atoms with Gasteiger partial charge in [-0.2, -0.15) is 0 Å². The first-order valence-electron chi connectivity index (χ1n) is 9.07. The summed E-state index contributed by atoms with van der Waals surface area (Å²) in [6, 6.07) is 9.87. The van der Waals surface area contributed by atoms with E-state index in [4.69, 9.17) is 4.74 Å². The molecular formula is C21H27NO2.